The second kappa shape index (κ2) is 8.21. The number of aromatic nitrogens is 1. The molecule has 136 valence electrons. The van der Waals surface area contributed by atoms with Gasteiger partial charge in [0.2, 0.25) is 0 Å². The molecule has 0 bridgehead atoms. The van der Waals surface area contributed by atoms with Crippen molar-refractivity contribution in [1.29, 1.82) is 0 Å². The molecule has 1 saturated heterocycles. The first-order valence-corrected chi connectivity index (χ1v) is 8.95. The van der Waals surface area contributed by atoms with Crippen molar-refractivity contribution in [2.24, 2.45) is 0 Å². The molecule has 1 aromatic heterocycles. The van der Waals surface area contributed by atoms with Crippen LogP contribution >= 0.6 is 0 Å². The van der Waals surface area contributed by atoms with Gasteiger partial charge >= 0.3 is 0 Å². The molecule has 0 unspecified atom stereocenters. The second-order valence-electron chi connectivity index (χ2n) is 6.97. The molecule has 2 heterocycles. The molecule has 0 saturated carbocycles. The summed E-state index contributed by atoms with van der Waals surface area (Å²) in [7, 11) is 0. The molecule has 4 rings (SSSR count). The van der Waals surface area contributed by atoms with Gasteiger partial charge in [-0.25, -0.2) is 0 Å². The van der Waals surface area contributed by atoms with E-state index in [1.807, 2.05) is 6.20 Å². The van der Waals surface area contributed by atoms with E-state index in [0.29, 0.717) is 0 Å². The Hall–Kier alpha value is -1.57. The summed E-state index contributed by atoms with van der Waals surface area (Å²) in [6.07, 6.45) is 4.56. The third-order valence-electron chi connectivity index (χ3n) is 5.77. The van der Waals surface area contributed by atoms with Crippen LogP contribution in [0.15, 0.2) is 30.5 Å². The Balaban J connectivity index is 0.000000184. The van der Waals surface area contributed by atoms with E-state index in [1.165, 1.54) is 64.8 Å². The SMILES string of the molecule is Cc1c(C)c(C)[c-](C)c1C.[Fe].c1cc2nccc(N3CCCC3)[c-]2c1. The molecule has 0 aliphatic carbocycles. The average molecular weight is 376 g/mol. The molecule has 25 heavy (non-hydrogen) atoms. The quantitative estimate of drug-likeness (QED) is 0.412. The van der Waals surface area contributed by atoms with Crippen LogP contribution in [0.5, 0.6) is 0 Å². The van der Waals surface area contributed by atoms with Gasteiger partial charge in [0.25, 0.3) is 0 Å². The van der Waals surface area contributed by atoms with E-state index in [2.05, 4.69) is 68.8 Å². The normalized spacial score (nSPS) is 13.6. The maximum atomic E-state index is 4.35. The molecule has 0 N–H and O–H groups in total. The molecular weight excluding hydrogens is 348 g/mol. The molecule has 3 heteroatoms. The Morgan fingerprint density at radius 2 is 1.56 bits per heavy atom. The van der Waals surface area contributed by atoms with E-state index in [9.17, 15) is 0 Å². The predicted octanol–water partition coefficient (Wildman–Crippen LogP) is 5.50. The summed E-state index contributed by atoms with van der Waals surface area (Å²) in [6, 6.07) is 8.45. The van der Waals surface area contributed by atoms with E-state index in [0.717, 1.165) is 5.52 Å². The Kier molecular flexibility index (Phi) is 6.48. The minimum absolute atomic E-state index is 0. The van der Waals surface area contributed by atoms with Gasteiger partial charge in [-0.2, -0.15) is 33.9 Å². The summed E-state index contributed by atoms with van der Waals surface area (Å²) >= 11 is 0. The zero-order chi connectivity index (χ0) is 17.3. The molecule has 2 nitrogen and oxygen atoms in total. The number of nitrogens with zero attached hydrogens (tertiary/aromatic N) is 2. The van der Waals surface area contributed by atoms with E-state index >= 15 is 0 Å². The molecule has 1 aliphatic rings. The Morgan fingerprint density at radius 1 is 0.960 bits per heavy atom. The van der Waals surface area contributed by atoms with Crippen LogP contribution < -0.4 is 4.90 Å². The predicted molar refractivity (Wildman–Crippen MR) is 105 cm³/mol. The summed E-state index contributed by atoms with van der Waals surface area (Å²) in [5, 5.41) is 1.30. The first kappa shape index (κ1) is 19.8. The number of hydrogen-bond donors (Lipinski definition) is 0. The van der Waals surface area contributed by atoms with Gasteiger partial charge in [0.1, 0.15) is 0 Å². The van der Waals surface area contributed by atoms with Gasteiger partial charge in [-0.15, -0.1) is 12.1 Å². The van der Waals surface area contributed by atoms with Crippen LogP contribution in [0.2, 0.25) is 0 Å². The first-order valence-electron chi connectivity index (χ1n) is 8.95. The molecule has 0 amide bonds. The summed E-state index contributed by atoms with van der Waals surface area (Å²) < 4.78 is 0. The maximum Gasteiger partial charge on any atom is 0.0163 e. The third-order valence-corrected chi connectivity index (χ3v) is 5.77. The molecule has 3 aromatic rings. The van der Waals surface area contributed by atoms with Crippen molar-refractivity contribution in [2.45, 2.75) is 47.5 Å². The monoisotopic (exact) mass is 376 g/mol. The van der Waals surface area contributed by atoms with E-state index in [4.69, 9.17) is 0 Å². The fourth-order valence-electron chi connectivity index (χ4n) is 3.66. The van der Waals surface area contributed by atoms with Crippen molar-refractivity contribution in [3.63, 3.8) is 0 Å². The minimum atomic E-state index is 0. The molecule has 1 aliphatic heterocycles. The fraction of sp³-hybridized carbons (Fsp3) is 0.409. The van der Waals surface area contributed by atoms with Crippen LogP contribution in [0.4, 0.5) is 5.69 Å². The van der Waals surface area contributed by atoms with Crippen LogP contribution in [0, 0.1) is 34.6 Å². The van der Waals surface area contributed by atoms with Gasteiger partial charge in [-0.05, 0) is 30.2 Å². The molecule has 0 spiro atoms. The Labute approximate surface area is 162 Å². The average Bonchev–Trinajstić information content (AvgIpc) is 3.32. The van der Waals surface area contributed by atoms with Crippen molar-refractivity contribution >= 4 is 16.6 Å². The number of pyridine rings is 1. The number of anilines is 1. The van der Waals surface area contributed by atoms with E-state index in [1.54, 1.807) is 0 Å². The van der Waals surface area contributed by atoms with E-state index in [-0.39, 0.29) is 17.1 Å². The van der Waals surface area contributed by atoms with Crippen molar-refractivity contribution in [3.8, 4) is 0 Å². The summed E-state index contributed by atoms with van der Waals surface area (Å²) in [5.74, 6) is 0. The third kappa shape index (κ3) is 3.83. The second-order valence-corrected chi connectivity index (χ2v) is 6.97. The molecule has 0 radical (unpaired) electrons. The Bertz CT molecular complexity index is 755. The smallest absolute Gasteiger partial charge is 0.0163 e. The van der Waals surface area contributed by atoms with Crippen molar-refractivity contribution < 1.29 is 17.1 Å². The molecule has 0 atom stereocenters. The van der Waals surface area contributed by atoms with Gasteiger partial charge in [-0.3, -0.25) is 4.98 Å². The van der Waals surface area contributed by atoms with Gasteiger partial charge < -0.3 is 4.90 Å². The standard InChI is InChI=1S/C12H13N2.C10H15.Fe/c1-2-9-14(8-1)12-6-7-13-11-5-3-4-10(11)12;1-6-7(2)9(4)10(5)8(6)3;/h3-7H,1-2,8-9H2;1-5H3;/q2*-1;. The van der Waals surface area contributed by atoms with Crippen LogP contribution in [0.25, 0.3) is 10.9 Å². The van der Waals surface area contributed by atoms with Crippen LogP contribution in [0.1, 0.15) is 40.7 Å². The molecule has 2 aromatic carbocycles. The number of fused-ring (bicyclic) bond motifs is 1. The van der Waals surface area contributed by atoms with Crippen molar-refractivity contribution in [1.82, 2.24) is 4.98 Å². The van der Waals surface area contributed by atoms with Crippen LogP contribution in [-0.2, 0) is 17.1 Å². The zero-order valence-corrected chi connectivity index (χ0v) is 17.1. The van der Waals surface area contributed by atoms with Crippen molar-refractivity contribution in [3.05, 3.63) is 58.3 Å². The van der Waals surface area contributed by atoms with Gasteiger partial charge in [0, 0.05) is 30.2 Å². The summed E-state index contributed by atoms with van der Waals surface area (Å²) in [5.41, 5.74) is 9.82. The first-order chi connectivity index (χ1) is 11.5. The number of hydrogen-bond acceptors (Lipinski definition) is 2. The maximum absolute atomic E-state index is 4.35. The Morgan fingerprint density at radius 3 is 2.08 bits per heavy atom. The summed E-state index contributed by atoms with van der Waals surface area (Å²) in [6.45, 7) is 13.4. The van der Waals surface area contributed by atoms with Crippen molar-refractivity contribution in [2.75, 3.05) is 18.0 Å². The summed E-state index contributed by atoms with van der Waals surface area (Å²) in [4.78, 5) is 6.81. The van der Waals surface area contributed by atoms with Crippen LogP contribution in [0.3, 0.4) is 0 Å². The molecule has 1 fully saturated rings. The topological polar surface area (TPSA) is 16.1 Å². The zero-order valence-electron chi connectivity index (χ0n) is 16.0. The van der Waals surface area contributed by atoms with Gasteiger partial charge in [0.05, 0.1) is 0 Å². The fourth-order valence-corrected chi connectivity index (χ4v) is 3.66. The minimum Gasteiger partial charge on any atom is -0.387 e. The largest absolute Gasteiger partial charge is 0.387 e. The van der Waals surface area contributed by atoms with Crippen LogP contribution in [-0.4, -0.2) is 18.1 Å². The van der Waals surface area contributed by atoms with E-state index < -0.39 is 0 Å². The van der Waals surface area contributed by atoms with Gasteiger partial charge in [0.15, 0.2) is 0 Å². The number of rotatable bonds is 1. The van der Waals surface area contributed by atoms with Gasteiger partial charge in [-0.1, -0.05) is 46.1 Å². The molecular formula is C22H28FeN2-2.